The number of hydrogen-bond acceptors (Lipinski definition) is 2. The molecule has 0 fully saturated rings. The number of fused-ring (bicyclic) bond motifs is 1. The lowest BCUT2D eigenvalue weighted by atomic mass is 10.0. The highest BCUT2D eigenvalue weighted by molar-refractivity contribution is 5.76. The minimum Gasteiger partial charge on any atom is -0.327 e. The van der Waals surface area contributed by atoms with Crippen molar-refractivity contribution in [2.24, 2.45) is 11.7 Å². The molecule has 3 nitrogen and oxygen atoms in total. The molecule has 3 rings (SSSR count). The Balaban J connectivity index is 1.81. The lowest BCUT2D eigenvalue weighted by Gasteiger charge is -2.16. The van der Waals surface area contributed by atoms with E-state index < -0.39 is 0 Å². The summed E-state index contributed by atoms with van der Waals surface area (Å²) in [5.74, 6) is 1.59. The summed E-state index contributed by atoms with van der Waals surface area (Å²) in [6, 6.07) is 19.0. The van der Waals surface area contributed by atoms with Crippen LogP contribution in [0.4, 0.5) is 0 Å². The first-order chi connectivity index (χ1) is 11.6. The molecule has 0 saturated heterocycles. The highest BCUT2D eigenvalue weighted by atomic mass is 15.1. The Bertz CT molecular complexity index is 774. The van der Waals surface area contributed by atoms with Gasteiger partial charge in [0.1, 0.15) is 5.82 Å². The summed E-state index contributed by atoms with van der Waals surface area (Å²) in [6.45, 7) is 5.38. The molecule has 1 unspecified atom stereocenters. The van der Waals surface area contributed by atoms with Gasteiger partial charge in [0.15, 0.2) is 0 Å². The van der Waals surface area contributed by atoms with Crippen LogP contribution in [-0.4, -0.2) is 9.55 Å². The topological polar surface area (TPSA) is 43.8 Å². The van der Waals surface area contributed by atoms with E-state index in [1.165, 1.54) is 11.1 Å². The van der Waals surface area contributed by atoms with Crippen molar-refractivity contribution in [2.45, 2.75) is 45.7 Å². The van der Waals surface area contributed by atoms with Crippen molar-refractivity contribution in [2.75, 3.05) is 0 Å². The highest BCUT2D eigenvalue weighted by Gasteiger charge is 2.17. The zero-order chi connectivity index (χ0) is 16.9. The van der Waals surface area contributed by atoms with Crippen LogP contribution < -0.4 is 5.73 Å². The Morgan fingerprint density at radius 3 is 2.46 bits per heavy atom. The van der Waals surface area contributed by atoms with E-state index in [0.29, 0.717) is 5.92 Å². The van der Waals surface area contributed by atoms with Crippen LogP contribution in [0.5, 0.6) is 0 Å². The van der Waals surface area contributed by atoms with Gasteiger partial charge >= 0.3 is 0 Å². The summed E-state index contributed by atoms with van der Waals surface area (Å²) in [6.07, 6.45) is 3.12. The number of imidazole rings is 1. The van der Waals surface area contributed by atoms with E-state index in [1.807, 2.05) is 6.07 Å². The first kappa shape index (κ1) is 16.7. The third kappa shape index (κ3) is 3.85. The highest BCUT2D eigenvalue weighted by Crippen LogP contribution is 2.24. The van der Waals surface area contributed by atoms with E-state index in [0.717, 1.165) is 37.1 Å². The number of nitrogens with zero attached hydrogens (tertiary/aromatic N) is 2. The molecular formula is C21H27N3. The molecule has 1 heterocycles. The molecule has 0 bridgehead atoms. The molecule has 1 atom stereocenters. The molecule has 0 radical (unpaired) electrons. The van der Waals surface area contributed by atoms with Crippen LogP contribution in [0.3, 0.4) is 0 Å². The van der Waals surface area contributed by atoms with E-state index >= 15 is 0 Å². The van der Waals surface area contributed by atoms with E-state index in [-0.39, 0.29) is 6.04 Å². The Hall–Kier alpha value is -2.13. The average Bonchev–Trinajstić information content (AvgIpc) is 2.94. The standard InChI is InChI=1S/C21H27N3/c1-16(2)15-18(22)21-23-19-12-6-7-13-20(19)24(21)14-8-11-17-9-4-3-5-10-17/h3-7,9-10,12-13,16,18H,8,11,14-15,22H2,1-2H3. The first-order valence-electron chi connectivity index (χ1n) is 8.90. The lowest BCUT2D eigenvalue weighted by molar-refractivity contribution is 0.473. The maximum atomic E-state index is 6.46. The van der Waals surface area contributed by atoms with E-state index in [1.54, 1.807) is 0 Å². The van der Waals surface area contributed by atoms with Crippen LogP contribution in [0.1, 0.15) is 44.1 Å². The van der Waals surface area contributed by atoms with Crippen LogP contribution in [0.2, 0.25) is 0 Å². The largest absolute Gasteiger partial charge is 0.327 e. The van der Waals surface area contributed by atoms with Crippen LogP contribution in [0, 0.1) is 5.92 Å². The second-order valence-corrected chi connectivity index (χ2v) is 6.94. The van der Waals surface area contributed by atoms with Crippen molar-refractivity contribution in [3.05, 3.63) is 66.0 Å². The summed E-state index contributed by atoms with van der Waals surface area (Å²) in [7, 11) is 0. The fraction of sp³-hybridized carbons (Fsp3) is 0.381. The van der Waals surface area contributed by atoms with Gasteiger partial charge in [0.2, 0.25) is 0 Å². The van der Waals surface area contributed by atoms with Crippen molar-refractivity contribution >= 4 is 11.0 Å². The van der Waals surface area contributed by atoms with E-state index in [2.05, 4.69) is 66.9 Å². The van der Waals surface area contributed by atoms with Crippen LogP contribution in [0.25, 0.3) is 11.0 Å². The van der Waals surface area contributed by atoms with Gasteiger partial charge in [-0.1, -0.05) is 56.3 Å². The maximum absolute atomic E-state index is 6.46. The summed E-state index contributed by atoms with van der Waals surface area (Å²) in [4.78, 5) is 4.83. The third-order valence-corrected chi connectivity index (χ3v) is 4.43. The third-order valence-electron chi connectivity index (χ3n) is 4.43. The monoisotopic (exact) mass is 321 g/mol. The molecule has 2 N–H and O–H groups in total. The Labute approximate surface area is 144 Å². The number of rotatable bonds is 7. The molecule has 126 valence electrons. The molecule has 0 aliphatic heterocycles. The fourth-order valence-electron chi connectivity index (χ4n) is 3.31. The summed E-state index contributed by atoms with van der Waals surface area (Å²) >= 11 is 0. The predicted molar refractivity (Wildman–Crippen MR) is 101 cm³/mol. The number of nitrogens with two attached hydrogens (primary N) is 1. The van der Waals surface area contributed by atoms with Gasteiger partial charge in [0.25, 0.3) is 0 Å². The number of aryl methyl sites for hydroxylation is 2. The van der Waals surface area contributed by atoms with E-state index in [9.17, 15) is 0 Å². The number of benzene rings is 2. The van der Waals surface area contributed by atoms with Gasteiger partial charge in [0.05, 0.1) is 17.1 Å². The van der Waals surface area contributed by atoms with Gasteiger partial charge in [-0.2, -0.15) is 0 Å². The molecule has 2 aromatic carbocycles. The smallest absolute Gasteiger partial charge is 0.126 e. The maximum Gasteiger partial charge on any atom is 0.126 e. The molecule has 0 aliphatic rings. The Kier molecular flexibility index (Phi) is 5.31. The van der Waals surface area contributed by atoms with E-state index in [4.69, 9.17) is 10.7 Å². The van der Waals surface area contributed by atoms with Crippen LogP contribution in [0.15, 0.2) is 54.6 Å². The second-order valence-electron chi connectivity index (χ2n) is 6.94. The summed E-state index contributed by atoms with van der Waals surface area (Å²) in [5, 5.41) is 0. The Morgan fingerprint density at radius 1 is 1.00 bits per heavy atom. The molecule has 3 aromatic rings. The number of aromatic nitrogens is 2. The summed E-state index contributed by atoms with van der Waals surface area (Å²) in [5.41, 5.74) is 10.1. The normalized spacial score (nSPS) is 12.8. The molecule has 3 heteroatoms. The molecule has 0 saturated carbocycles. The first-order valence-corrected chi connectivity index (χ1v) is 8.90. The lowest BCUT2D eigenvalue weighted by Crippen LogP contribution is -2.19. The van der Waals surface area contributed by atoms with Crippen molar-refractivity contribution < 1.29 is 0 Å². The molecular weight excluding hydrogens is 294 g/mol. The summed E-state index contributed by atoms with van der Waals surface area (Å²) < 4.78 is 2.32. The minimum atomic E-state index is -0.00544. The van der Waals surface area contributed by atoms with Crippen molar-refractivity contribution in [1.82, 2.24) is 9.55 Å². The van der Waals surface area contributed by atoms with Crippen molar-refractivity contribution in [3.8, 4) is 0 Å². The fourth-order valence-corrected chi connectivity index (χ4v) is 3.31. The van der Waals surface area contributed by atoms with Gasteiger partial charge in [-0.15, -0.1) is 0 Å². The quantitative estimate of drug-likeness (QED) is 0.684. The zero-order valence-corrected chi connectivity index (χ0v) is 14.7. The number of hydrogen-bond donors (Lipinski definition) is 1. The van der Waals surface area contributed by atoms with Gasteiger partial charge in [0, 0.05) is 6.54 Å². The SMILES string of the molecule is CC(C)CC(N)c1nc2ccccc2n1CCCc1ccccc1. The van der Waals surface area contributed by atoms with Gasteiger partial charge in [-0.25, -0.2) is 4.98 Å². The van der Waals surface area contributed by atoms with Gasteiger partial charge in [-0.05, 0) is 42.9 Å². The van der Waals surface area contributed by atoms with Crippen molar-refractivity contribution in [3.63, 3.8) is 0 Å². The van der Waals surface area contributed by atoms with Crippen molar-refractivity contribution in [1.29, 1.82) is 0 Å². The second kappa shape index (κ2) is 7.63. The average molecular weight is 321 g/mol. The Morgan fingerprint density at radius 2 is 1.71 bits per heavy atom. The number of para-hydroxylation sites is 2. The predicted octanol–water partition coefficient (Wildman–Crippen LogP) is 4.72. The van der Waals surface area contributed by atoms with Crippen LogP contribution >= 0.6 is 0 Å². The molecule has 0 aliphatic carbocycles. The van der Waals surface area contributed by atoms with Gasteiger partial charge < -0.3 is 10.3 Å². The van der Waals surface area contributed by atoms with Crippen LogP contribution in [-0.2, 0) is 13.0 Å². The molecule has 0 spiro atoms. The zero-order valence-electron chi connectivity index (χ0n) is 14.7. The molecule has 24 heavy (non-hydrogen) atoms. The molecule has 1 aromatic heterocycles. The minimum absolute atomic E-state index is 0.00544. The van der Waals surface area contributed by atoms with Gasteiger partial charge in [-0.3, -0.25) is 0 Å². The molecule has 0 amide bonds.